The number of aromatic nitrogens is 3. The summed E-state index contributed by atoms with van der Waals surface area (Å²) in [6.45, 7) is 0.665. The highest BCUT2D eigenvalue weighted by Crippen LogP contribution is 2.27. The Hall–Kier alpha value is -2.59. The molecular formula is C13H13N5O4S. The molecule has 1 aromatic heterocycles. The van der Waals surface area contributed by atoms with Gasteiger partial charge in [-0.05, 0) is 37.2 Å². The van der Waals surface area contributed by atoms with Gasteiger partial charge in [-0.1, -0.05) is 0 Å². The molecular weight excluding hydrogens is 322 g/mol. The Morgan fingerprint density at radius 1 is 1.61 bits per heavy atom. The molecule has 1 saturated heterocycles. The number of aromatic hydroxyl groups is 1. The molecule has 10 heteroatoms. The van der Waals surface area contributed by atoms with Crippen molar-refractivity contribution in [3.05, 3.63) is 44.5 Å². The molecule has 2 aromatic rings. The molecule has 2 heterocycles. The summed E-state index contributed by atoms with van der Waals surface area (Å²) in [6.07, 6.45) is 3.02. The Kier molecular flexibility index (Phi) is 4.17. The van der Waals surface area contributed by atoms with Crippen molar-refractivity contribution in [2.24, 2.45) is 5.10 Å². The van der Waals surface area contributed by atoms with Crippen LogP contribution in [0.4, 0.5) is 5.69 Å². The van der Waals surface area contributed by atoms with Gasteiger partial charge in [-0.2, -0.15) is 14.9 Å². The number of H-pyrrole nitrogens is 1. The molecule has 23 heavy (non-hydrogen) atoms. The van der Waals surface area contributed by atoms with Crippen molar-refractivity contribution in [1.82, 2.24) is 14.9 Å². The second kappa shape index (κ2) is 6.26. The predicted molar refractivity (Wildman–Crippen MR) is 83.1 cm³/mol. The lowest BCUT2D eigenvalue weighted by atomic mass is 10.2. The van der Waals surface area contributed by atoms with Crippen molar-refractivity contribution in [1.29, 1.82) is 0 Å². The van der Waals surface area contributed by atoms with Crippen molar-refractivity contribution >= 4 is 24.1 Å². The molecule has 0 saturated carbocycles. The first-order valence-corrected chi connectivity index (χ1v) is 7.28. The lowest BCUT2D eigenvalue weighted by molar-refractivity contribution is -0.385. The average molecular weight is 335 g/mol. The molecule has 1 aromatic carbocycles. The number of phenols is 1. The molecule has 1 atom stereocenters. The molecule has 0 unspecified atom stereocenters. The maximum atomic E-state index is 10.8. The summed E-state index contributed by atoms with van der Waals surface area (Å²) in [5.41, 5.74) is 0.0694. The van der Waals surface area contributed by atoms with Gasteiger partial charge in [-0.25, -0.2) is 0 Å². The minimum absolute atomic E-state index is 0.172. The van der Waals surface area contributed by atoms with Gasteiger partial charge >= 0.3 is 5.69 Å². The topological polar surface area (TPSA) is 119 Å². The number of benzene rings is 1. The normalized spacial score (nSPS) is 17.8. The zero-order chi connectivity index (χ0) is 16.4. The van der Waals surface area contributed by atoms with Crippen molar-refractivity contribution in [2.45, 2.75) is 18.9 Å². The average Bonchev–Trinajstić information content (AvgIpc) is 3.16. The Bertz CT molecular complexity index is 822. The van der Waals surface area contributed by atoms with Gasteiger partial charge < -0.3 is 9.84 Å². The molecule has 0 amide bonds. The van der Waals surface area contributed by atoms with E-state index in [1.165, 1.54) is 29.1 Å². The molecule has 9 nitrogen and oxygen atoms in total. The number of ether oxygens (including phenoxy) is 1. The number of aromatic amines is 1. The summed E-state index contributed by atoms with van der Waals surface area (Å²) in [5, 5.41) is 31.3. The monoisotopic (exact) mass is 335 g/mol. The highest BCUT2D eigenvalue weighted by Gasteiger charge is 2.23. The van der Waals surface area contributed by atoms with Crippen LogP contribution in [-0.4, -0.2) is 37.7 Å². The first kappa shape index (κ1) is 15.3. The van der Waals surface area contributed by atoms with E-state index in [-0.39, 0.29) is 11.8 Å². The molecule has 0 spiro atoms. The molecule has 1 fully saturated rings. The Morgan fingerprint density at radius 3 is 3.13 bits per heavy atom. The van der Waals surface area contributed by atoms with Crippen LogP contribution in [0.3, 0.4) is 0 Å². The maximum Gasteiger partial charge on any atom is 0.311 e. The van der Waals surface area contributed by atoms with Gasteiger partial charge in [0.25, 0.3) is 0 Å². The summed E-state index contributed by atoms with van der Waals surface area (Å²) in [7, 11) is 0. The number of phenolic OH excluding ortho intramolecular Hbond substituents is 1. The van der Waals surface area contributed by atoms with E-state index in [0.717, 1.165) is 12.8 Å². The van der Waals surface area contributed by atoms with Crippen LogP contribution < -0.4 is 0 Å². The molecule has 1 aliphatic heterocycles. The van der Waals surface area contributed by atoms with E-state index in [0.29, 0.717) is 22.8 Å². The van der Waals surface area contributed by atoms with Gasteiger partial charge in [-0.3, -0.25) is 15.2 Å². The number of rotatable bonds is 4. The van der Waals surface area contributed by atoms with Crippen LogP contribution >= 0.6 is 12.2 Å². The van der Waals surface area contributed by atoms with Crippen molar-refractivity contribution in [2.75, 3.05) is 6.61 Å². The second-order valence-electron chi connectivity index (χ2n) is 4.95. The lowest BCUT2D eigenvalue weighted by Gasteiger charge is -2.07. The number of nitro benzene ring substituents is 1. The number of nitrogens with zero attached hydrogens (tertiary/aromatic N) is 4. The maximum absolute atomic E-state index is 10.8. The summed E-state index contributed by atoms with van der Waals surface area (Å²) in [4.78, 5) is 10.2. The fourth-order valence-corrected chi connectivity index (χ4v) is 2.48. The molecule has 2 N–H and O–H groups in total. The van der Waals surface area contributed by atoms with Crippen LogP contribution in [0.2, 0.25) is 0 Å². The third-order valence-electron chi connectivity index (χ3n) is 3.41. The summed E-state index contributed by atoms with van der Waals surface area (Å²) >= 11 is 5.14. The van der Waals surface area contributed by atoms with Crippen LogP contribution in [0.25, 0.3) is 0 Å². The van der Waals surface area contributed by atoms with E-state index in [9.17, 15) is 15.2 Å². The Labute approximate surface area is 135 Å². The van der Waals surface area contributed by atoms with E-state index in [2.05, 4.69) is 15.3 Å². The Balaban J connectivity index is 1.92. The van der Waals surface area contributed by atoms with Crippen LogP contribution in [-0.2, 0) is 4.74 Å². The largest absolute Gasteiger partial charge is 0.502 e. The van der Waals surface area contributed by atoms with Gasteiger partial charge in [0.2, 0.25) is 4.77 Å². The first-order chi connectivity index (χ1) is 11.1. The van der Waals surface area contributed by atoms with Crippen molar-refractivity contribution in [3.63, 3.8) is 0 Å². The third kappa shape index (κ3) is 3.12. The van der Waals surface area contributed by atoms with E-state index in [1.54, 1.807) is 0 Å². The SMILES string of the molecule is O=[N+]([O-])c1cc(/C=N\n2c([C@@H]3CCCO3)n[nH]c2=S)ccc1O. The molecule has 0 aliphatic carbocycles. The molecule has 3 rings (SSSR count). The van der Waals surface area contributed by atoms with Gasteiger partial charge in [0.05, 0.1) is 11.1 Å². The number of nitrogens with one attached hydrogen (secondary N) is 1. The van der Waals surface area contributed by atoms with Crippen LogP contribution in [0.15, 0.2) is 23.3 Å². The van der Waals surface area contributed by atoms with Crippen molar-refractivity contribution in [3.8, 4) is 5.75 Å². The lowest BCUT2D eigenvalue weighted by Crippen LogP contribution is -2.05. The van der Waals surface area contributed by atoms with Gasteiger partial charge in [0.15, 0.2) is 11.6 Å². The van der Waals surface area contributed by atoms with Crippen LogP contribution in [0, 0.1) is 14.9 Å². The van der Waals surface area contributed by atoms with Crippen molar-refractivity contribution < 1.29 is 14.8 Å². The third-order valence-corrected chi connectivity index (χ3v) is 3.68. The standard InChI is InChI=1S/C13H13N5O4S/c19-10-4-3-8(6-9(10)18(20)21)7-14-17-12(15-16-13(17)23)11-2-1-5-22-11/h3-4,6-7,11,19H,1-2,5H2,(H,16,23)/b14-7-/t11-/m0/s1. The van der Waals surface area contributed by atoms with Crippen LogP contribution in [0.1, 0.15) is 30.3 Å². The van der Waals surface area contributed by atoms with Gasteiger partial charge in [0, 0.05) is 18.2 Å². The zero-order valence-corrected chi connectivity index (χ0v) is 12.7. The van der Waals surface area contributed by atoms with Gasteiger partial charge in [0.1, 0.15) is 6.10 Å². The molecule has 120 valence electrons. The van der Waals surface area contributed by atoms with E-state index in [4.69, 9.17) is 17.0 Å². The Morgan fingerprint density at radius 2 is 2.43 bits per heavy atom. The van der Waals surface area contributed by atoms with Crippen LogP contribution in [0.5, 0.6) is 5.75 Å². The predicted octanol–water partition coefficient (Wildman–Crippen LogP) is 2.29. The number of hydrogen-bond donors (Lipinski definition) is 2. The fraction of sp³-hybridized carbons (Fsp3) is 0.308. The zero-order valence-electron chi connectivity index (χ0n) is 11.9. The highest BCUT2D eigenvalue weighted by molar-refractivity contribution is 7.71. The summed E-state index contributed by atoms with van der Waals surface area (Å²) < 4.78 is 7.31. The number of hydrogen-bond acceptors (Lipinski definition) is 7. The molecule has 1 aliphatic rings. The van der Waals surface area contributed by atoms with E-state index in [1.807, 2.05) is 0 Å². The molecule has 0 bridgehead atoms. The quantitative estimate of drug-likeness (QED) is 0.383. The first-order valence-electron chi connectivity index (χ1n) is 6.87. The highest BCUT2D eigenvalue weighted by atomic mass is 32.1. The fourth-order valence-electron chi connectivity index (χ4n) is 2.30. The van der Waals surface area contributed by atoms with E-state index >= 15 is 0 Å². The minimum Gasteiger partial charge on any atom is -0.502 e. The van der Waals surface area contributed by atoms with Gasteiger partial charge in [-0.15, -0.1) is 0 Å². The summed E-state index contributed by atoms with van der Waals surface area (Å²) in [6, 6.07) is 3.99. The molecule has 0 radical (unpaired) electrons. The smallest absolute Gasteiger partial charge is 0.311 e. The minimum atomic E-state index is -0.659. The summed E-state index contributed by atoms with van der Waals surface area (Å²) in [5.74, 6) is 0.171. The number of nitro groups is 1. The van der Waals surface area contributed by atoms with E-state index < -0.39 is 10.7 Å². The second-order valence-corrected chi connectivity index (χ2v) is 5.34.